The van der Waals surface area contributed by atoms with E-state index in [1.807, 2.05) is 24.3 Å². The Kier molecular flexibility index (Phi) is 14.4. The fraction of sp³-hybridized carbons (Fsp3) is 0.527. The van der Waals surface area contributed by atoms with Gasteiger partial charge in [0.2, 0.25) is 0 Å². The first-order chi connectivity index (χ1) is 33.5. The Hall–Kier alpha value is -4.12. The van der Waals surface area contributed by atoms with Crippen LogP contribution in [0, 0.1) is 23.7 Å². The molecule has 0 amide bonds. The number of hydrogen-bond donors (Lipinski definition) is 8. The van der Waals surface area contributed by atoms with Crippen LogP contribution in [0.2, 0.25) is 0 Å². The van der Waals surface area contributed by atoms with Crippen LogP contribution in [-0.4, -0.2) is 92.6 Å². The van der Waals surface area contributed by atoms with Gasteiger partial charge >= 0.3 is 0 Å². The molecule has 0 aromatic heterocycles. The summed E-state index contributed by atoms with van der Waals surface area (Å²) in [6.45, 7) is 1.36. The molecule has 0 radical (unpaired) electrons. The first kappa shape index (κ1) is 48.5. The first-order valence-corrected chi connectivity index (χ1v) is 27.4. The lowest BCUT2D eigenvalue weighted by molar-refractivity contribution is -0.128. The number of Topliss-reactive ketones (excluding diaryl/α,β-unsaturated/α-hetero) is 2. The number of carbonyl (C=O) groups is 2. The summed E-state index contributed by atoms with van der Waals surface area (Å²) in [5.74, 6) is 0.604. The molecular formula is C55H66N2O10S2. The molecule has 69 heavy (non-hydrogen) atoms. The number of phenols is 2. The Labute approximate surface area is 412 Å². The fourth-order valence-corrected chi connectivity index (χ4v) is 16.2. The number of hydrogen-bond acceptors (Lipinski definition) is 14. The molecular weight excluding hydrogens is 913 g/mol. The molecule has 8 N–H and O–H groups in total. The Morgan fingerprint density at radius 1 is 0.928 bits per heavy atom. The van der Waals surface area contributed by atoms with Crippen molar-refractivity contribution < 1.29 is 49.7 Å². The number of fused-ring (bicyclic) bond motifs is 11. The van der Waals surface area contributed by atoms with E-state index in [0.29, 0.717) is 67.6 Å². The van der Waals surface area contributed by atoms with E-state index < -0.39 is 24.5 Å². The molecule has 4 aromatic rings. The fourth-order valence-electron chi connectivity index (χ4n) is 13.3. The van der Waals surface area contributed by atoms with E-state index in [4.69, 9.17) is 9.47 Å². The summed E-state index contributed by atoms with van der Waals surface area (Å²) in [5.41, 5.74) is 7.93. The third-order valence-corrected chi connectivity index (χ3v) is 19.3. The summed E-state index contributed by atoms with van der Waals surface area (Å²) in [6.07, 6.45) is 8.16. The summed E-state index contributed by atoms with van der Waals surface area (Å²) in [7, 11) is 4.85. The van der Waals surface area contributed by atoms with Gasteiger partial charge in [0, 0.05) is 59.9 Å². The van der Waals surface area contributed by atoms with Crippen molar-refractivity contribution in [1.82, 2.24) is 5.32 Å². The van der Waals surface area contributed by atoms with E-state index in [2.05, 4.69) is 28.9 Å². The van der Waals surface area contributed by atoms with Gasteiger partial charge in [-0.1, -0.05) is 58.0 Å². The smallest absolute Gasteiger partial charge is 0.168 e. The Morgan fingerprint density at radius 3 is 2.55 bits per heavy atom. The molecule has 0 saturated carbocycles. The maximum Gasteiger partial charge on any atom is 0.168 e. The number of methoxy groups -OCH3 is 1. The van der Waals surface area contributed by atoms with E-state index in [-0.39, 0.29) is 103 Å². The van der Waals surface area contributed by atoms with Gasteiger partial charge in [0.15, 0.2) is 17.3 Å². The number of rotatable bonds is 9. The number of benzene rings is 4. The topological polar surface area (TPSA) is 198 Å². The molecule has 12 atom stereocenters. The molecule has 6 aliphatic rings. The largest absolute Gasteiger partial charge is 0.508 e. The molecule has 4 aromatic carbocycles. The van der Waals surface area contributed by atoms with Crippen LogP contribution in [0.15, 0.2) is 60.7 Å². The highest BCUT2D eigenvalue weighted by Crippen LogP contribution is 2.61. The molecule has 1 saturated heterocycles. The normalized spacial score (nSPS) is 30.9. The average molecular weight is 979 g/mol. The summed E-state index contributed by atoms with van der Waals surface area (Å²) < 4.78 is 13.5. The van der Waals surface area contributed by atoms with Crippen LogP contribution in [0.5, 0.6) is 17.2 Å². The Bertz CT molecular complexity index is 2620. The van der Waals surface area contributed by atoms with E-state index in [1.54, 1.807) is 53.8 Å². The van der Waals surface area contributed by atoms with Gasteiger partial charge in [0.05, 0.1) is 32.0 Å². The van der Waals surface area contributed by atoms with Crippen molar-refractivity contribution >= 4 is 49.6 Å². The summed E-state index contributed by atoms with van der Waals surface area (Å²) >= 11 is 0. The number of anilines is 1. The third-order valence-electron chi connectivity index (χ3n) is 16.4. The predicted octanol–water partition coefficient (Wildman–Crippen LogP) is 8.88. The number of aryl methyl sites for hydroxylation is 1. The Balaban J connectivity index is 1.13. The number of carbonyl (C=O) groups excluding carboxylic acids is 2. The van der Waals surface area contributed by atoms with Gasteiger partial charge in [-0.25, -0.2) is 0 Å². The molecule has 10 rings (SSSR count). The van der Waals surface area contributed by atoms with Crippen LogP contribution in [0.1, 0.15) is 128 Å². The SMILES string of the molecule is COc1c(O)ccc2c1-c1ccc3ccc(O)cc3c1C1CCC(CC(O)CSS1)C(OC1NC(CCCO)CC3C=CC4C5CCC(C(C)=O)Nc6c(CO)cc1c(c65)C3C4CO)CC(=O)CC2. The zero-order chi connectivity index (χ0) is 48.1. The van der Waals surface area contributed by atoms with Crippen molar-refractivity contribution in [1.29, 1.82) is 0 Å². The molecule has 12 nitrogen and oxygen atoms in total. The highest BCUT2D eigenvalue weighted by molar-refractivity contribution is 8.76. The van der Waals surface area contributed by atoms with Gasteiger partial charge < -0.3 is 45.4 Å². The minimum atomic E-state index is -0.757. The number of ether oxygens (including phenoxy) is 2. The van der Waals surface area contributed by atoms with Crippen LogP contribution in [-0.2, 0) is 27.4 Å². The number of aliphatic hydroxyl groups excluding tert-OH is 4. The minimum Gasteiger partial charge on any atom is -0.508 e. The minimum absolute atomic E-state index is 0.00208. The van der Waals surface area contributed by atoms with Crippen LogP contribution in [0.4, 0.5) is 5.69 Å². The molecule has 3 aliphatic heterocycles. The van der Waals surface area contributed by atoms with Crippen LogP contribution < -0.4 is 15.4 Å². The zero-order valence-corrected chi connectivity index (χ0v) is 41.1. The Morgan fingerprint density at radius 2 is 1.77 bits per heavy atom. The highest BCUT2D eigenvalue weighted by Gasteiger charge is 2.51. The molecule has 1 fully saturated rings. The lowest BCUT2D eigenvalue weighted by Crippen LogP contribution is -2.47. The highest BCUT2D eigenvalue weighted by atomic mass is 33.1. The van der Waals surface area contributed by atoms with Crippen LogP contribution in [0.3, 0.4) is 0 Å². The third kappa shape index (κ3) is 9.22. The maximum atomic E-state index is 14.8. The molecule has 12 unspecified atom stereocenters. The van der Waals surface area contributed by atoms with Crippen molar-refractivity contribution in [2.24, 2.45) is 23.7 Å². The molecule has 0 spiro atoms. The number of nitrogens with one attached hydrogen (secondary N) is 2. The number of ketones is 2. The maximum absolute atomic E-state index is 14.8. The van der Waals surface area contributed by atoms with Crippen LogP contribution >= 0.6 is 21.6 Å². The first-order valence-electron chi connectivity index (χ1n) is 25.0. The van der Waals surface area contributed by atoms with Crippen LogP contribution in [0.25, 0.3) is 21.9 Å². The van der Waals surface area contributed by atoms with Gasteiger partial charge in [-0.05, 0) is 169 Å². The number of phenolic OH excluding ortho intramolecular Hbond substituents is 2. The molecule has 368 valence electrons. The van der Waals surface area contributed by atoms with E-state index in [9.17, 15) is 40.2 Å². The van der Waals surface area contributed by atoms with Crippen molar-refractivity contribution in [2.45, 2.75) is 132 Å². The van der Waals surface area contributed by atoms with Crippen molar-refractivity contribution in [3.63, 3.8) is 0 Å². The van der Waals surface area contributed by atoms with Crippen molar-refractivity contribution in [3.05, 3.63) is 94.1 Å². The molecule has 3 aliphatic carbocycles. The predicted molar refractivity (Wildman–Crippen MR) is 271 cm³/mol. The van der Waals surface area contributed by atoms with Crippen molar-refractivity contribution in [3.8, 4) is 28.4 Å². The lowest BCUT2D eigenvalue weighted by Gasteiger charge is -2.52. The molecule has 4 bridgehead atoms. The second kappa shape index (κ2) is 20.5. The standard InChI is InChI=1S/C55H66N2O10S2/c1-28(61)44-16-15-39-38-13-8-32-20-34(4-3-19-58)56-55(42-22-33(25-59)53(57-44)52(39)51(42)48(32)43(38)26-60)67-46-24-36(63)12-6-30-9-17-45(65)54(66-2)49(30)40-14-7-29-5-11-35(62)23-41(29)50(40)47-18-10-31(46)21-37(64)27-68-69-47/h5,7-9,11,13-14,17,22-23,31-32,34,37-39,43-44,46-48,55-60,62,64-65H,3-4,6,10,12,15-16,18-21,24-27H2,1-2H3. The number of aliphatic hydroxyl groups is 4. The van der Waals surface area contributed by atoms with Gasteiger partial charge in [-0.15, -0.1) is 0 Å². The van der Waals surface area contributed by atoms with Gasteiger partial charge in [0.25, 0.3) is 0 Å². The average Bonchev–Trinajstić information content (AvgIpc) is 3.47. The quantitative estimate of drug-likeness (QED) is 0.0585. The van der Waals surface area contributed by atoms with Gasteiger partial charge in [-0.3, -0.25) is 14.9 Å². The lowest BCUT2D eigenvalue weighted by atomic mass is 9.54. The van der Waals surface area contributed by atoms with Gasteiger partial charge in [0.1, 0.15) is 17.8 Å². The summed E-state index contributed by atoms with van der Waals surface area (Å²) in [5, 5.41) is 76.0. The number of allylic oxidation sites excluding steroid dienone is 2. The second-order valence-electron chi connectivity index (χ2n) is 20.4. The monoisotopic (exact) mass is 978 g/mol. The molecule has 3 heterocycles. The zero-order valence-electron chi connectivity index (χ0n) is 39.4. The summed E-state index contributed by atoms with van der Waals surface area (Å²) in [6, 6.07) is 14.5. The molecule has 14 heteroatoms. The van der Waals surface area contributed by atoms with Gasteiger partial charge in [-0.2, -0.15) is 0 Å². The van der Waals surface area contributed by atoms with E-state index in [0.717, 1.165) is 62.7 Å². The summed E-state index contributed by atoms with van der Waals surface area (Å²) in [4.78, 5) is 27.9. The second-order valence-corrected chi connectivity index (χ2v) is 23.0. The van der Waals surface area contributed by atoms with E-state index in [1.165, 1.54) is 0 Å². The van der Waals surface area contributed by atoms with Crippen molar-refractivity contribution in [2.75, 3.05) is 31.4 Å². The van der Waals surface area contributed by atoms with E-state index >= 15 is 0 Å². The number of aromatic hydroxyl groups is 2.